The van der Waals surface area contributed by atoms with Crippen LogP contribution in [0.15, 0.2) is 21.5 Å². The van der Waals surface area contributed by atoms with Crippen molar-refractivity contribution in [3.05, 3.63) is 27.7 Å². The lowest BCUT2D eigenvalue weighted by molar-refractivity contribution is 0.558. The summed E-state index contributed by atoms with van der Waals surface area (Å²) >= 11 is 5.54. The maximum atomic E-state index is 3.72. The van der Waals surface area contributed by atoms with E-state index in [-0.39, 0.29) is 10.8 Å². The van der Waals surface area contributed by atoms with Crippen LogP contribution in [0.25, 0.3) is 0 Å². The summed E-state index contributed by atoms with van der Waals surface area (Å²) in [4.78, 5) is 1.37. The highest BCUT2D eigenvalue weighted by molar-refractivity contribution is 9.10. The fourth-order valence-corrected chi connectivity index (χ4v) is 3.58. The molecule has 0 aromatic heterocycles. The van der Waals surface area contributed by atoms with Crippen LogP contribution in [0.5, 0.6) is 0 Å². The molecule has 17 heavy (non-hydrogen) atoms. The Morgan fingerprint density at radius 2 is 1.47 bits per heavy atom. The summed E-state index contributed by atoms with van der Waals surface area (Å²) < 4.78 is 1.22. The van der Waals surface area contributed by atoms with Crippen LogP contribution in [0.2, 0.25) is 0 Å². The van der Waals surface area contributed by atoms with Crippen molar-refractivity contribution in [2.75, 3.05) is 6.26 Å². The first kappa shape index (κ1) is 15.1. The highest BCUT2D eigenvalue weighted by atomic mass is 79.9. The fraction of sp³-hybridized carbons (Fsp3) is 0.600. The largest absolute Gasteiger partial charge is 0.128 e. The van der Waals surface area contributed by atoms with Gasteiger partial charge < -0.3 is 0 Å². The Bertz CT molecular complexity index is 408. The molecule has 0 atom stereocenters. The Balaban J connectivity index is 3.51. The van der Waals surface area contributed by atoms with Crippen LogP contribution < -0.4 is 0 Å². The smallest absolute Gasteiger partial charge is 0.0317 e. The van der Waals surface area contributed by atoms with Gasteiger partial charge in [0.2, 0.25) is 0 Å². The van der Waals surface area contributed by atoms with Crippen molar-refractivity contribution in [2.45, 2.75) is 57.3 Å². The van der Waals surface area contributed by atoms with Gasteiger partial charge in [-0.3, -0.25) is 0 Å². The van der Waals surface area contributed by atoms with E-state index in [2.05, 4.69) is 75.9 Å². The lowest BCUT2D eigenvalue weighted by Crippen LogP contribution is -2.17. The summed E-state index contributed by atoms with van der Waals surface area (Å²) in [5.74, 6) is 0. The van der Waals surface area contributed by atoms with Crippen molar-refractivity contribution in [3.8, 4) is 0 Å². The predicted molar refractivity (Wildman–Crippen MR) is 83.3 cm³/mol. The first-order valence-electron chi connectivity index (χ1n) is 5.96. The van der Waals surface area contributed by atoms with Crippen molar-refractivity contribution in [3.63, 3.8) is 0 Å². The monoisotopic (exact) mass is 314 g/mol. The van der Waals surface area contributed by atoms with Gasteiger partial charge in [-0.15, -0.1) is 11.8 Å². The maximum Gasteiger partial charge on any atom is 0.0317 e. The van der Waals surface area contributed by atoms with Gasteiger partial charge in [-0.25, -0.2) is 0 Å². The molecule has 0 nitrogen and oxygen atoms in total. The summed E-state index contributed by atoms with van der Waals surface area (Å²) in [6, 6.07) is 4.64. The molecule has 0 bridgehead atoms. The summed E-state index contributed by atoms with van der Waals surface area (Å²) in [7, 11) is 0. The predicted octanol–water partition coefficient (Wildman–Crippen LogP) is 5.77. The van der Waals surface area contributed by atoms with E-state index < -0.39 is 0 Å². The third-order valence-corrected chi connectivity index (χ3v) is 4.66. The molecular weight excluding hydrogens is 292 g/mol. The van der Waals surface area contributed by atoms with Gasteiger partial charge in [0.15, 0.2) is 0 Å². The molecule has 0 spiro atoms. The van der Waals surface area contributed by atoms with Crippen molar-refractivity contribution in [1.29, 1.82) is 0 Å². The lowest BCUT2D eigenvalue weighted by Gasteiger charge is -2.28. The molecule has 1 rings (SSSR count). The molecule has 0 aliphatic rings. The molecule has 0 aliphatic heterocycles. The van der Waals surface area contributed by atoms with Crippen LogP contribution in [0.4, 0.5) is 0 Å². The highest BCUT2D eigenvalue weighted by Crippen LogP contribution is 2.40. The zero-order valence-corrected chi connectivity index (χ0v) is 14.3. The molecule has 96 valence electrons. The average Bonchev–Trinajstić information content (AvgIpc) is 2.13. The normalized spacial score (nSPS) is 12.9. The van der Waals surface area contributed by atoms with Gasteiger partial charge in [0.25, 0.3) is 0 Å². The van der Waals surface area contributed by atoms with Crippen molar-refractivity contribution in [2.24, 2.45) is 0 Å². The van der Waals surface area contributed by atoms with Crippen LogP contribution in [0.3, 0.4) is 0 Å². The van der Waals surface area contributed by atoms with Crippen molar-refractivity contribution in [1.82, 2.24) is 0 Å². The first-order valence-corrected chi connectivity index (χ1v) is 7.97. The second-order valence-electron chi connectivity index (χ2n) is 6.54. The van der Waals surface area contributed by atoms with Gasteiger partial charge in [0, 0.05) is 9.37 Å². The van der Waals surface area contributed by atoms with Gasteiger partial charge in [-0.1, -0.05) is 47.6 Å². The lowest BCUT2D eigenvalue weighted by atomic mass is 9.81. The number of rotatable bonds is 1. The first-order chi connectivity index (χ1) is 7.57. The average molecular weight is 315 g/mol. The van der Waals surface area contributed by atoms with Gasteiger partial charge >= 0.3 is 0 Å². The third-order valence-electron chi connectivity index (χ3n) is 2.92. The second kappa shape index (κ2) is 4.97. The molecule has 0 unspecified atom stereocenters. The number of hydrogen-bond donors (Lipinski definition) is 0. The van der Waals surface area contributed by atoms with Gasteiger partial charge in [0.05, 0.1) is 0 Å². The van der Waals surface area contributed by atoms with Crippen molar-refractivity contribution < 1.29 is 0 Å². The van der Waals surface area contributed by atoms with Crippen LogP contribution in [-0.2, 0) is 10.8 Å². The summed E-state index contributed by atoms with van der Waals surface area (Å²) in [5.41, 5.74) is 3.21. The van der Waals surface area contributed by atoms with E-state index in [1.54, 1.807) is 0 Å². The van der Waals surface area contributed by atoms with Crippen LogP contribution >= 0.6 is 27.7 Å². The maximum absolute atomic E-state index is 3.72. The van der Waals surface area contributed by atoms with Gasteiger partial charge in [0.1, 0.15) is 0 Å². The van der Waals surface area contributed by atoms with E-state index in [9.17, 15) is 0 Å². The minimum absolute atomic E-state index is 0.183. The standard InChI is InChI=1S/C15H23BrS/c1-14(2,3)10-8-11(15(4,5)6)13(17-7)12(16)9-10/h8-9H,1-7H3. The topological polar surface area (TPSA) is 0 Å². The Morgan fingerprint density at radius 3 is 1.82 bits per heavy atom. The van der Waals surface area contributed by atoms with E-state index in [0.717, 1.165) is 0 Å². The van der Waals surface area contributed by atoms with Crippen LogP contribution in [0, 0.1) is 0 Å². The zero-order valence-electron chi connectivity index (χ0n) is 11.9. The molecule has 0 heterocycles. The number of halogens is 1. The SMILES string of the molecule is CSc1c(Br)cc(C(C)(C)C)cc1C(C)(C)C. The molecule has 2 heteroatoms. The minimum atomic E-state index is 0.183. The van der Waals surface area contributed by atoms with Crippen LogP contribution in [-0.4, -0.2) is 6.26 Å². The molecule has 1 aromatic carbocycles. The van der Waals surface area contributed by atoms with Gasteiger partial charge in [-0.05, 0) is 50.2 Å². The molecule has 0 saturated heterocycles. The van der Waals surface area contributed by atoms with Gasteiger partial charge in [-0.2, -0.15) is 0 Å². The van der Waals surface area contributed by atoms with E-state index in [1.165, 1.54) is 20.5 Å². The second-order valence-corrected chi connectivity index (χ2v) is 8.21. The molecule has 0 amide bonds. The molecule has 0 saturated carbocycles. The summed E-state index contributed by atoms with van der Waals surface area (Å²) in [6.07, 6.45) is 2.14. The molecule has 0 aliphatic carbocycles. The van der Waals surface area contributed by atoms with E-state index in [0.29, 0.717) is 0 Å². The Labute approximate surface area is 119 Å². The number of thioether (sulfide) groups is 1. The molecule has 0 fully saturated rings. The minimum Gasteiger partial charge on any atom is -0.128 e. The third kappa shape index (κ3) is 3.51. The Morgan fingerprint density at radius 1 is 0.941 bits per heavy atom. The Hall–Kier alpha value is 0.0500. The number of benzene rings is 1. The van der Waals surface area contributed by atoms with E-state index in [1.807, 2.05) is 11.8 Å². The van der Waals surface area contributed by atoms with E-state index in [4.69, 9.17) is 0 Å². The molecule has 1 aromatic rings. The summed E-state index contributed by atoms with van der Waals surface area (Å²) in [5, 5.41) is 0. The number of hydrogen-bond acceptors (Lipinski definition) is 1. The zero-order chi connectivity index (χ0) is 13.4. The quantitative estimate of drug-likeness (QED) is 0.593. The Kier molecular flexibility index (Phi) is 4.42. The summed E-state index contributed by atoms with van der Waals surface area (Å²) in [6.45, 7) is 13.6. The van der Waals surface area contributed by atoms with Crippen LogP contribution in [0.1, 0.15) is 52.7 Å². The highest BCUT2D eigenvalue weighted by Gasteiger charge is 2.23. The van der Waals surface area contributed by atoms with Crippen molar-refractivity contribution >= 4 is 27.7 Å². The molecule has 0 N–H and O–H groups in total. The van der Waals surface area contributed by atoms with E-state index >= 15 is 0 Å². The molecule has 0 radical (unpaired) electrons. The fourth-order valence-electron chi connectivity index (χ4n) is 1.79. The molecular formula is C15H23BrS.